The van der Waals surface area contributed by atoms with Gasteiger partial charge in [-0.05, 0) is 11.5 Å². The van der Waals surface area contributed by atoms with Crippen LogP contribution in [0.4, 0.5) is 0 Å². The number of hydrogen-bond acceptors (Lipinski definition) is 2. The minimum absolute atomic E-state index is 0. The van der Waals surface area contributed by atoms with E-state index in [-0.39, 0.29) is 40.8 Å². The summed E-state index contributed by atoms with van der Waals surface area (Å²) >= 11 is 0. The van der Waals surface area contributed by atoms with Crippen molar-refractivity contribution in [1.82, 2.24) is 0 Å². The minimum Gasteiger partial charge on any atom is -0.412 e. The molecule has 0 aliphatic carbocycles. The smallest absolute Gasteiger partial charge is 0.412 e. The molecule has 0 unspecified atom stereocenters. The van der Waals surface area contributed by atoms with Crippen molar-refractivity contribution in [3.05, 3.63) is 42.5 Å². The fourth-order valence-corrected chi connectivity index (χ4v) is 1.82. The van der Waals surface area contributed by atoms with E-state index in [0.29, 0.717) is 5.39 Å². The summed E-state index contributed by atoms with van der Waals surface area (Å²) in [5, 5.41) is 1.56. The minimum atomic E-state index is -4.49. The van der Waals surface area contributed by atoms with Crippen molar-refractivity contribution in [3.8, 4) is 5.75 Å². The molecule has 0 aliphatic rings. The number of phosphoric acid groups is 1. The van der Waals surface area contributed by atoms with Gasteiger partial charge in [0.25, 0.3) is 0 Å². The Hall–Kier alpha value is -0.390. The Morgan fingerprint density at radius 2 is 1.59 bits per heavy atom. The van der Waals surface area contributed by atoms with Gasteiger partial charge in [-0.1, -0.05) is 36.4 Å². The first kappa shape index (κ1) is 16.6. The molecule has 0 amide bonds. The van der Waals surface area contributed by atoms with Gasteiger partial charge in [-0.3, -0.25) is 9.79 Å². The SMILES string of the molecule is O.O=P(O)(O)Oc1cccc2ccccc12.[Na+]. The Morgan fingerprint density at radius 3 is 2.24 bits per heavy atom. The average Bonchev–Trinajstić information content (AvgIpc) is 2.16. The van der Waals surface area contributed by atoms with Crippen LogP contribution in [0.15, 0.2) is 42.5 Å². The summed E-state index contributed by atoms with van der Waals surface area (Å²) in [5.41, 5.74) is 0. The number of phosphoric ester groups is 1. The molecule has 86 valence electrons. The molecule has 17 heavy (non-hydrogen) atoms. The standard InChI is InChI=1S/C10H9O4P.Na.H2O/c11-15(12,13)14-10-7-3-5-8-4-1-2-6-9(8)10;;/h1-7H,(H2,11,12,13);;1H2/q;+1;. The molecule has 0 fully saturated rings. The Morgan fingerprint density at radius 1 is 1.00 bits per heavy atom. The summed E-state index contributed by atoms with van der Waals surface area (Å²) in [6, 6.07) is 12.3. The Bertz CT molecular complexity index is 534. The van der Waals surface area contributed by atoms with Crippen molar-refractivity contribution in [1.29, 1.82) is 0 Å². The third kappa shape index (κ3) is 4.41. The van der Waals surface area contributed by atoms with Crippen molar-refractivity contribution < 1.29 is 53.9 Å². The molecule has 4 N–H and O–H groups in total. The molecule has 7 heteroatoms. The van der Waals surface area contributed by atoms with Gasteiger partial charge in [-0.25, -0.2) is 4.57 Å². The zero-order valence-corrected chi connectivity index (χ0v) is 12.1. The van der Waals surface area contributed by atoms with Crippen LogP contribution in [0.1, 0.15) is 0 Å². The molecule has 0 aromatic heterocycles. The topological polar surface area (TPSA) is 98.3 Å². The molecule has 0 bridgehead atoms. The van der Waals surface area contributed by atoms with Crippen LogP contribution in [0.25, 0.3) is 10.8 Å². The summed E-state index contributed by atoms with van der Waals surface area (Å²) in [4.78, 5) is 17.4. The van der Waals surface area contributed by atoms with Crippen LogP contribution in [-0.4, -0.2) is 15.3 Å². The van der Waals surface area contributed by atoms with Crippen LogP contribution in [0.5, 0.6) is 5.75 Å². The fraction of sp³-hybridized carbons (Fsp3) is 0. The normalized spacial score (nSPS) is 10.2. The predicted molar refractivity (Wildman–Crippen MR) is 60.2 cm³/mol. The molecular formula is C10H11NaO5P+. The molecular weight excluding hydrogens is 254 g/mol. The van der Waals surface area contributed by atoms with Gasteiger partial charge in [0.05, 0.1) is 0 Å². The maximum Gasteiger partial charge on any atom is 1.00 e. The van der Waals surface area contributed by atoms with Gasteiger partial charge < -0.3 is 10.00 Å². The molecule has 0 atom stereocenters. The van der Waals surface area contributed by atoms with E-state index in [1.54, 1.807) is 18.2 Å². The van der Waals surface area contributed by atoms with Crippen LogP contribution in [-0.2, 0) is 4.57 Å². The van der Waals surface area contributed by atoms with E-state index in [9.17, 15) is 4.57 Å². The second-order valence-electron chi connectivity index (χ2n) is 3.06. The van der Waals surface area contributed by atoms with Gasteiger partial charge in [0.2, 0.25) is 0 Å². The van der Waals surface area contributed by atoms with Crippen LogP contribution in [0.3, 0.4) is 0 Å². The zero-order valence-electron chi connectivity index (χ0n) is 9.20. The van der Waals surface area contributed by atoms with E-state index in [0.717, 1.165) is 5.39 Å². The fourth-order valence-electron chi connectivity index (χ4n) is 1.40. The van der Waals surface area contributed by atoms with E-state index in [1.807, 2.05) is 18.2 Å². The van der Waals surface area contributed by atoms with E-state index in [1.165, 1.54) is 6.07 Å². The Labute approximate surface area is 120 Å². The van der Waals surface area contributed by atoms with Crippen LogP contribution >= 0.6 is 7.82 Å². The summed E-state index contributed by atoms with van der Waals surface area (Å²) in [5.74, 6) is 0.196. The molecule has 5 nitrogen and oxygen atoms in total. The molecule has 2 aromatic carbocycles. The maximum atomic E-state index is 10.7. The third-order valence-electron chi connectivity index (χ3n) is 1.97. The van der Waals surface area contributed by atoms with E-state index < -0.39 is 7.82 Å². The maximum absolute atomic E-state index is 10.7. The zero-order chi connectivity index (χ0) is 10.9. The van der Waals surface area contributed by atoms with Crippen molar-refractivity contribution in [2.75, 3.05) is 0 Å². The van der Waals surface area contributed by atoms with E-state index in [2.05, 4.69) is 4.52 Å². The number of benzene rings is 2. The van der Waals surface area contributed by atoms with Gasteiger partial charge in [-0.2, -0.15) is 0 Å². The van der Waals surface area contributed by atoms with Gasteiger partial charge in [0.15, 0.2) is 0 Å². The summed E-state index contributed by atoms with van der Waals surface area (Å²) in [6.45, 7) is 0. The second-order valence-corrected chi connectivity index (χ2v) is 4.22. The largest absolute Gasteiger partial charge is 1.00 e. The molecule has 0 aliphatic heterocycles. The van der Waals surface area contributed by atoms with Crippen molar-refractivity contribution in [2.24, 2.45) is 0 Å². The van der Waals surface area contributed by atoms with Crippen LogP contribution in [0, 0.1) is 0 Å². The molecule has 0 spiro atoms. The summed E-state index contributed by atoms with van der Waals surface area (Å²) in [6.07, 6.45) is 0. The first-order valence-corrected chi connectivity index (χ1v) is 5.82. The van der Waals surface area contributed by atoms with Gasteiger partial charge in [-0.15, -0.1) is 0 Å². The molecule has 0 saturated heterocycles. The van der Waals surface area contributed by atoms with E-state index >= 15 is 0 Å². The number of rotatable bonds is 2. The molecule has 0 saturated carbocycles. The summed E-state index contributed by atoms with van der Waals surface area (Å²) in [7, 11) is -4.49. The average molecular weight is 265 g/mol. The molecule has 0 radical (unpaired) electrons. The van der Waals surface area contributed by atoms with Crippen LogP contribution < -0.4 is 34.1 Å². The van der Waals surface area contributed by atoms with Crippen molar-refractivity contribution in [2.45, 2.75) is 0 Å². The quantitative estimate of drug-likeness (QED) is 0.509. The number of hydrogen-bond donors (Lipinski definition) is 2. The monoisotopic (exact) mass is 265 g/mol. The first-order valence-electron chi connectivity index (χ1n) is 4.29. The van der Waals surface area contributed by atoms with Gasteiger partial charge >= 0.3 is 37.4 Å². The molecule has 2 rings (SSSR count). The van der Waals surface area contributed by atoms with Gasteiger partial charge in [0.1, 0.15) is 5.75 Å². The Kier molecular flexibility index (Phi) is 6.37. The number of fused-ring (bicyclic) bond motifs is 1. The van der Waals surface area contributed by atoms with Crippen molar-refractivity contribution >= 4 is 18.6 Å². The Balaban J connectivity index is 0.00000128. The predicted octanol–water partition coefficient (Wildman–Crippen LogP) is -1.51. The first-order chi connectivity index (χ1) is 7.06. The third-order valence-corrected chi connectivity index (χ3v) is 2.40. The molecule has 0 heterocycles. The summed E-state index contributed by atoms with van der Waals surface area (Å²) < 4.78 is 15.3. The van der Waals surface area contributed by atoms with Crippen LogP contribution in [0.2, 0.25) is 0 Å². The van der Waals surface area contributed by atoms with Crippen molar-refractivity contribution in [3.63, 3.8) is 0 Å². The van der Waals surface area contributed by atoms with Gasteiger partial charge in [0, 0.05) is 5.39 Å². The van der Waals surface area contributed by atoms with E-state index in [4.69, 9.17) is 9.79 Å². The second kappa shape index (κ2) is 6.52. The molecule has 2 aromatic rings.